The molecule has 0 saturated carbocycles. The number of carbonyl (C=O) groups excluding carboxylic acids is 1. The lowest BCUT2D eigenvalue weighted by atomic mass is 10.0. The molecule has 2 N–H and O–H groups in total. The van der Waals surface area contributed by atoms with Crippen molar-refractivity contribution in [2.24, 2.45) is 0 Å². The van der Waals surface area contributed by atoms with Crippen molar-refractivity contribution in [2.45, 2.75) is 19.5 Å². The van der Waals surface area contributed by atoms with Crippen LogP contribution >= 0.6 is 11.3 Å². The lowest BCUT2D eigenvalue weighted by Gasteiger charge is -2.36. The molecular weight excluding hydrogens is 308 g/mol. The first-order chi connectivity index (χ1) is 11.2. The first-order valence-corrected chi connectivity index (χ1v) is 8.73. The summed E-state index contributed by atoms with van der Waals surface area (Å²) in [5.74, 6) is -0.0412. The Hall–Kier alpha value is -1.76. The summed E-state index contributed by atoms with van der Waals surface area (Å²) in [6, 6.07) is 8.20. The van der Waals surface area contributed by atoms with E-state index in [4.69, 9.17) is 0 Å². The van der Waals surface area contributed by atoms with E-state index in [2.05, 4.69) is 33.5 Å². The number of amides is 1. The van der Waals surface area contributed by atoms with Crippen LogP contribution in [0.2, 0.25) is 0 Å². The highest BCUT2D eigenvalue weighted by molar-refractivity contribution is 7.09. The predicted octanol–water partition coefficient (Wildman–Crippen LogP) is 1.96. The van der Waals surface area contributed by atoms with Crippen molar-refractivity contribution >= 4 is 17.2 Å². The highest BCUT2D eigenvalue weighted by Gasteiger charge is 2.25. The van der Waals surface area contributed by atoms with Crippen molar-refractivity contribution in [3.05, 3.63) is 51.5 Å². The summed E-state index contributed by atoms with van der Waals surface area (Å²) >= 11 is 1.71. The number of nitrogens with zero attached hydrogens (tertiary/aromatic N) is 2. The van der Waals surface area contributed by atoms with Gasteiger partial charge < -0.3 is 10.6 Å². The monoisotopic (exact) mass is 330 g/mol. The number of rotatable bonds is 4. The van der Waals surface area contributed by atoms with Crippen LogP contribution in [0.15, 0.2) is 29.8 Å². The molecular formula is C17H22N4OS. The van der Waals surface area contributed by atoms with Gasteiger partial charge in [0.2, 0.25) is 0 Å². The molecule has 1 aromatic carbocycles. The number of thiazole rings is 1. The van der Waals surface area contributed by atoms with Crippen LogP contribution in [0.1, 0.15) is 32.5 Å². The first kappa shape index (κ1) is 16.1. The van der Waals surface area contributed by atoms with Gasteiger partial charge in [-0.1, -0.05) is 12.1 Å². The molecule has 1 aliphatic heterocycles. The summed E-state index contributed by atoms with van der Waals surface area (Å²) in [5.41, 5.74) is 4.92. The molecule has 0 bridgehead atoms. The number of hydrogen-bond donors (Lipinski definition) is 2. The standard InChI is InChI=1S/C17H22N4OS/c1-12-16(23-11-20-12)10-21-7-6-19-9-15(21)13-4-3-5-14(8-13)17(22)18-2/h3-5,8,11,15,19H,6-7,9-10H2,1-2H3,(H,18,22)/t15-/m1/s1. The Morgan fingerprint density at radius 3 is 3.13 bits per heavy atom. The largest absolute Gasteiger partial charge is 0.355 e. The molecule has 23 heavy (non-hydrogen) atoms. The third-order valence-corrected chi connectivity index (χ3v) is 5.23. The lowest BCUT2D eigenvalue weighted by Crippen LogP contribution is -2.45. The van der Waals surface area contributed by atoms with Gasteiger partial charge in [-0.3, -0.25) is 9.69 Å². The van der Waals surface area contributed by atoms with Gasteiger partial charge in [-0.05, 0) is 24.6 Å². The smallest absolute Gasteiger partial charge is 0.251 e. The van der Waals surface area contributed by atoms with Crippen molar-refractivity contribution < 1.29 is 4.79 Å². The van der Waals surface area contributed by atoms with E-state index in [9.17, 15) is 4.79 Å². The maximum Gasteiger partial charge on any atom is 0.251 e. The maximum atomic E-state index is 11.9. The minimum atomic E-state index is -0.0412. The number of aryl methyl sites for hydroxylation is 1. The second-order valence-electron chi connectivity index (χ2n) is 5.76. The van der Waals surface area contributed by atoms with Crippen molar-refractivity contribution in [3.8, 4) is 0 Å². The van der Waals surface area contributed by atoms with Crippen LogP contribution in [-0.2, 0) is 6.54 Å². The molecule has 1 saturated heterocycles. The topological polar surface area (TPSA) is 57.3 Å². The zero-order valence-corrected chi connectivity index (χ0v) is 14.3. The first-order valence-electron chi connectivity index (χ1n) is 7.85. The Balaban J connectivity index is 1.83. The van der Waals surface area contributed by atoms with E-state index in [-0.39, 0.29) is 11.9 Å². The number of aromatic nitrogens is 1. The van der Waals surface area contributed by atoms with Crippen LogP contribution in [0.4, 0.5) is 0 Å². The van der Waals surface area contributed by atoms with Gasteiger partial charge in [-0.15, -0.1) is 11.3 Å². The van der Waals surface area contributed by atoms with Crippen LogP contribution in [0.25, 0.3) is 0 Å². The second kappa shape index (κ2) is 7.21. The summed E-state index contributed by atoms with van der Waals surface area (Å²) in [5, 5.41) is 6.16. The Labute approximate surface area is 140 Å². The lowest BCUT2D eigenvalue weighted by molar-refractivity contribution is 0.0962. The molecule has 2 heterocycles. The van der Waals surface area contributed by atoms with Crippen LogP contribution in [0.5, 0.6) is 0 Å². The fourth-order valence-electron chi connectivity index (χ4n) is 2.96. The minimum absolute atomic E-state index is 0.0412. The molecule has 0 radical (unpaired) electrons. The molecule has 1 atom stereocenters. The number of piperazine rings is 1. The van der Waals surface area contributed by atoms with Crippen molar-refractivity contribution in [2.75, 3.05) is 26.7 Å². The normalized spacial score (nSPS) is 18.8. The van der Waals surface area contributed by atoms with Crippen molar-refractivity contribution in [3.63, 3.8) is 0 Å². The van der Waals surface area contributed by atoms with E-state index in [1.807, 2.05) is 23.7 Å². The zero-order chi connectivity index (χ0) is 16.2. The fraction of sp³-hybridized carbons (Fsp3) is 0.412. The van der Waals surface area contributed by atoms with E-state index in [0.717, 1.165) is 31.9 Å². The summed E-state index contributed by atoms with van der Waals surface area (Å²) in [6.45, 7) is 5.85. The van der Waals surface area contributed by atoms with Gasteiger partial charge in [0, 0.05) is 49.7 Å². The molecule has 1 aromatic heterocycles. The molecule has 122 valence electrons. The summed E-state index contributed by atoms with van der Waals surface area (Å²) in [6.07, 6.45) is 0. The number of carbonyl (C=O) groups is 1. The summed E-state index contributed by atoms with van der Waals surface area (Å²) < 4.78 is 0. The van der Waals surface area contributed by atoms with E-state index >= 15 is 0 Å². The molecule has 3 rings (SSSR count). The van der Waals surface area contributed by atoms with Gasteiger partial charge in [0.1, 0.15) is 0 Å². The molecule has 6 heteroatoms. The summed E-state index contributed by atoms with van der Waals surface area (Å²) in [4.78, 5) is 20.0. The SMILES string of the molecule is CNC(=O)c1cccc([C@H]2CNCCN2Cc2scnc2C)c1. The van der Waals surface area contributed by atoms with Gasteiger partial charge in [-0.2, -0.15) is 0 Å². The Morgan fingerprint density at radius 1 is 1.52 bits per heavy atom. The van der Waals surface area contributed by atoms with E-state index in [1.54, 1.807) is 18.4 Å². The molecule has 2 aromatic rings. The third-order valence-electron chi connectivity index (χ3n) is 4.31. The Bertz CT molecular complexity index is 685. The maximum absolute atomic E-state index is 11.9. The van der Waals surface area contributed by atoms with Crippen LogP contribution < -0.4 is 10.6 Å². The number of hydrogen-bond acceptors (Lipinski definition) is 5. The van der Waals surface area contributed by atoms with E-state index in [0.29, 0.717) is 5.56 Å². The van der Waals surface area contributed by atoms with Gasteiger partial charge >= 0.3 is 0 Å². The van der Waals surface area contributed by atoms with Crippen molar-refractivity contribution in [1.82, 2.24) is 20.5 Å². The minimum Gasteiger partial charge on any atom is -0.355 e. The number of nitrogens with one attached hydrogen (secondary N) is 2. The molecule has 1 aliphatic rings. The molecule has 0 unspecified atom stereocenters. The number of benzene rings is 1. The fourth-order valence-corrected chi connectivity index (χ4v) is 3.76. The Morgan fingerprint density at radius 2 is 2.39 bits per heavy atom. The highest BCUT2D eigenvalue weighted by Crippen LogP contribution is 2.26. The van der Waals surface area contributed by atoms with Crippen LogP contribution in [0.3, 0.4) is 0 Å². The molecule has 5 nitrogen and oxygen atoms in total. The highest BCUT2D eigenvalue weighted by atomic mass is 32.1. The molecule has 0 aliphatic carbocycles. The van der Waals surface area contributed by atoms with Gasteiger partial charge in [0.25, 0.3) is 5.91 Å². The molecule has 1 fully saturated rings. The molecule has 1 amide bonds. The van der Waals surface area contributed by atoms with Gasteiger partial charge in [0.05, 0.1) is 11.2 Å². The summed E-state index contributed by atoms with van der Waals surface area (Å²) in [7, 11) is 1.66. The van der Waals surface area contributed by atoms with Crippen molar-refractivity contribution in [1.29, 1.82) is 0 Å². The third kappa shape index (κ3) is 3.60. The average molecular weight is 330 g/mol. The van der Waals surface area contributed by atoms with E-state index < -0.39 is 0 Å². The Kier molecular flexibility index (Phi) is 5.05. The second-order valence-corrected chi connectivity index (χ2v) is 6.70. The average Bonchev–Trinajstić information content (AvgIpc) is 2.99. The quantitative estimate of drug-likeness (QED) is 0.900. The van der Waals surface area contributed by atoms with Crippen LogP contribution in [-0.4, -0.2) is 42.5 Å². The van der Waals surface area contributed by atoms with Crippen LogP contribution in [0, 0.1) is 6.92 Å². The molecule has 0 spiro atoms. The van der Waals surface area contributed by atoms with Gasteiger partial charge in [-0.25, -0.2) is 4.98 Å². The zero-order valence-electron chi connectivity index (χ0n) is 13.5. The van der Waals surface area contributed by atoms with E-state index in [1.165, 1.54) is 10.4 Å². The predicted molar refractivity (Wildman–Crippen MR) is 92.7 cm³/mol. The van der Waals surface area contributed by atoms with Gasteiger partial charge in [0.15, 0.2) is 0 Å².